The average molecular weight is 215 g/mol. The van der Waals surface area contributed by atoms with Crippen LogP contribution < -0.4 is 4.74 Å². The third kappa shape index (κ3) is 2.19. The van der Waals surface area contributed by atoms with E-state index in [4.69, 9.17) is 10.00 Å². The summed E-state index contributed by atoms with van der Waals surface area (Å²) in [6, 6.07) is 8.02. The molecule has 0 bridgehead atoms. The molecule has 0 N–H and O–H groups in total. The van der Waals surface area contributed by atoms with Gasteiger partial charge in [-0.3, -0.25) is 0 Å². The van der Waals surface area contributed by atoms with Gasteiger partial charge in [0.15, 0.2) is 0 Å². The van der Waals surface area contributed by atoms with E-state index in [0.29, 0.717) is 12.0 Å². The van der Waals surface area contributed by atoms with E-state index < -0.39 is 0 Å². The lowest BCUT2D eigenvalue weighted by atomic mass is 9.95. The van der Waals surface area contributed by atoms with Gasteiger partial charge in [0.2, 0.25) is 0 Å². The fourth-order valence-electron chi connectivity index (χ4n) is 1.87. The Balaban J connectivity index is 2.21. The number of hydrogen-bond donors (Lipinski definition) is 0. The van der Waals surface area contributed by atoms with Crippen molar-refractivity contribution in [1.82, 2.24) is 0 Å². The van der Waals surface area contributed by atoms with Gasteiger partial charge in [-0.05, 0) is 48.9 Å². The van der Waals surface area contributed by atoms with E-state index in [1.54, 1.807) is 0 Å². The van der Waals surface area contributed by atoms with Crippen molar-refractivity contribution in [3.8, 4) is 11.8 Å². The minimum atomic E-state index is 0.361. The highest BCUT2D eigenvalue weighted by molar-refractivity contribution is 5.44. The first-order valence-corrected chi connectivity index (χ1v) is 5.91. The molecule has 1 aliphatic rings. The number of hydrogen-bond acceptors (Lipinski definition) is 2. The summed E-state index contributed by atoms with van der Waals surface area (Å²) in [5.41, 5.74) is 1.84. The lowest BCUT2D eigenvalue weighted by Crippen LogP contribution is -2.24. The van der Waals surface area contributed by atoms with E-state index in [-0.39, 0.29) is 0 Å². The fourth-order valence-corrected chi connectivity index (χ4v) is 1.87. The molecule has 16 heavy (non-hydrogen) atoms. The molecule has 1 saturated carbocycles. The highest BCUT2D eigenvalue weighted by Crippen LogP contribution is 2.28. The van der Waals surface area contributed by atoms with Crippen LogP contribution in [0.3, 0.4) is 0 Å². The molecule has 0 saturated heterocycles. The Kier molecular flexibility index (Phi) is 3.14. The molecular weight excluding hydrogens is 198 g/mol. The Morgan fingerprint density at radius 2 is 2.12 bits per heavy atom. The molecule has 2 rings (SSSR count). The van der Waals surface area contributed by atoms with Crippen molar-refractivity contribution < 1.29 is 4.74 Å². The van der Waals surface area contributed by atoms with Crippen molar-refractivity contribution in [3.63, 3.8) is 0 Å². The second kappa shape index (κ2) is 4.57. The zero-order valence-electron chi connectivity index (χ0n) is 9.86. The zero-order chi connectivity index (χ0) is 11.5. The monoisotopic (exact) mass is 215 g/mol. The van der Waals surface area contributed by atoms with E-state index in [9.17, 15) is 0 Å². The van der Waals surface area contributed by atoms with Gasteiger partial charge >= 0.3 is 0 Å². The molecule has 0 amide bonds. The number of rotatable bonds is 3. The highest BCUT2D eigenvalue weighted by Gasteiger charge is 2.19. The Hall–Kier alpha value is -1.49. The third-order valence-corrected chi connectivity index (χ3v) is 3.12. The molecule has 0 aliphatic heterocycles. The fraction of sp³-hybridized carbons (Fsp3) is 0.500. The molecule has 0 aromatic heterocycles. The largest absolute Gasteiger partial charge is 0.490 e. The van der Waals surface area contributed by atoms with Gasteiger partial charge in [0.25, 0.3) is 0 Å². The maximum Gasteiger partial charge on any atom is 0.120 e. The van der Waals surface area contributed by atoms with Gasteiger partial charge in [-0.25, -0.2) is 0 Å². The van der Waals surface area contributed by atoms with Crippen LogP contribution in [0.2, 0.25) is 0 Å². The summed E-state index contributed by atoms with van der Waals surface area (Å²) in [6.07, 6.45) is 4.00. The van der Waals surface area contributed by atoms with Crippen LogP contribution in [0.5, 0.6) is 5.75 Å². The van der Waals surface area contributed by atoms with Gasteiger partial charge in [-0.1, -0.05) is 13.8 Å². The molecular formula is C14H17NO. The number of nitriles is 1. The molecule has 1 aromatic carbocycles. The first-order chi connectivity index (χ1) is 7.70. The Morgan fingerprint density at radius 1 is 1.38 bits per heavy atom. The topological polar surface area (TPSA) is 33.0 Å². The van der Waals surface area contributed by atoms with Crippen LogP contribution in [0.25, 0.3) is 0 Å². The van der Waals surface area contributed by atoms with Crippen LogP contribution in [-0.4, -0.2) is 6.10 Å². The maximum absolute atomic E-state index is 9.01. The van der Waals surface area contributed by atoms with Crippen LogP contribution in [0.1, 0.15) is 50.2 Å². The van der Waals surface area contributed by atoms with Crippen molar-refractivity contribution in [1.29, 1.82) is 5.26 Å². The SMILES string of the molecule is CC(C)c1cc(OC2CCC2)ccc1C#N. The molecule has 2 heteroatoms. The van der Waals surface area contributed by atoms with Gasteiger partial charge in [-0.2, -0.15) is 5.26 Å². The first kappa shape index (κ1) is 11.0. The number of nitrogens with zero attached hydrogens (tertiary/aromatic N) is 1. The molecule has 0 atom stereocenters. The van der Waals surface area contributed by atoms with E-state index in [1.807, 2.05) is 18.2 Å². The minimum Gasteiger partial charge on any atom is -0.490 e. The quantitative estimate of drug-likeness (QED) is 0.771. The molecule has 2 nitrogen and oxygen atoms in total. The molecule has 84 valence electrons. The second-order valence-electron chi connectivity index (χ2n) is 4.69. The lowest BCUT2D eigenvalue weighted by Gasteiger charge is -2.26. The van der Waals surface area contributed by atoms with Crippen molar-refractivity contribution >= 4 is 0 Å². The van der Waals surface area contributed by atoms with E-state index >= 15 is 0 Å². The number of benzene rings is 1. The highest BCUT2D eigenvalue weighted by atomic mass is 16.5. The van der Waals surface area contributed by atoms with E-state index in [1.165, 1.54) is 6.42 Å². The molecule has 1 fully saturated rings. The van der Waals surface area contributed by atoms with E-state index in [0.717, 1.165) is 29.7 Å². The van der Waals surface area contributed by atoms with E-state index in [2.05, 4.69) is 19.9 Å². The number of ether oxygens (including phenoxy) is 1. The normalized spacial score (nSPS) is 15.6. The summed E-state index contributed by atoms with van der Waals surface area (Å²) in [5, 5.41) is 9.01. The first-order valence-electron chi connectivity index (χ1n) is 5.91. The maximum atomic E-state index is 9.01. The van der Waals surface area contributed by atoms with Crippen LogP contribution in [0.4, 0.5) is 0 Å². The Labute approximate surface area is 96.9 Å². The van der Waals surface area contributed by atoms with Crippen molar-refractivity contribution in [2.45, 2.75) is 45.1 Å². The van der Waals surface area contributed by atoms with Crippen molar-refractivity contribution in [2.24, 2.45) is 0 Å². The van der Waals surface area contributed by atoms with Gasteiger partial charge in [0.1, 0.15) is 5.75 Å². The standard InChI is InChI=1S/C14H17NO/c1-10(2)14-8-13(7-6-11(14)9-15)16-12-4-3-5-12/h6-8,10,12H,3-5H2,1-2H3. The summed E-state index contributed by atoms with van der Waals surface area (Å²) in [7, 11) is 0. The predicted molar refractivity (Wildman–Crippen MR) is 63.5 cm³/mol. The van der Waals surface area contributed by atoms with Crippen LogP contribution in [0, 0.1) is 11.3 Å². The second-order valence-corrected chi connectivity index (χ2v) is 4.69. The van der Waals surface area contributed by atoms with Crippen LogP contribution >= 0.6 is 0 Å². The predicted octanol–water partition coefficient (Wildman–Crippen LogP) is 3.61. The van der Waals surface area contributed by atoms with Crippen molar-refractivity contribution in [2.75, 3.05) is 0 Å². The summed E-state index contributed by atoms with van der Waals surface area (Å²) in [4.78, 5) is 0. The van der Waals surface area contributed by atoms with Crippen molar-refractivity contribution in [3.05, 3.63) is 29.3 Å². The van der Waals surface area contributed by atoms with Crippen LogP contribution in [-0.2, 0) is 0 Å². The summed E-state index contributed by atoms with van der Waals surface area (Å²) < 4.78 is 5.83. The Bertz CT molecular complexity index is 413. The summed E-state index contributed by atoms with van der Waals surface area (Å²) in [6.45, 7) is 4.20. The smallest absolute Gasteiger partial charge is 0.120 e. The van der Waals surface area contributed by atoms with Gasteiger partial charge < -0.3 is 4.74 Å². The minimum absolute atomic E-state index is 0.361. The third-order valence-electron chi connectivity index (χ3n) is 3.12. The molecule has 0 spiro atoms. The van der Waals surface area contributed by atoms with Crippen LogP contribution in [0.15, 0.2) is 18.2 Å². The summed E-state index contributed by atoms with van der Waals surface area (Å²) >= 11 is 0. The molecule has 0 radical (unpaired) electrons. The molecule has 0 unspecified atom stereocenters. The Morgan fingerprint density at radius 3 is 2.62 bits per heavy atom. The van der Waals surface area contributed by atoms with Gasteiger partial charge in [0.05, 0.1) is 17.7 Å². The average Bonchev–Trinajstić information content (AvgIpc) is 2.23. The zero-order valence-corrected chi connectivity index (χ0v) is 9.86. The van der Waals surface area contributed by atoms with Gasteiger partial charge in [-0.15, -0.1) is 0 Å². The molecule has 0 heterocycles. The van der Waals surface area contributed by atoms with Gasteiger partial charge in [0, 0.05) is 0 Å². The summed E-state index contributed by atoms with van der Waals surface area (Å²) in [5.74, 6) is 1.27. The lowest BCUT2D eigenvalue weighted by molar-refractivity contribution is 0.120. The molecule has 1 aliphatic carbocycles. The molecule has 1 aromatic rings.